The zero-order chi connectivity index (χ0) is 13.2. The summed E-state index contributed by atoms with van der Waals surface area (Å²) in [6, 6.07) is 14.7. The molecule has 0 fully saturated rings. The van der Waals surface area contributed by atoms with Gasteiger partial charge in [-0.25, -0.2) is 0 Å². The molecule has 0 unspecified atom stereocenters. The van der Waals surface area contributed by atoms with Crippen molar-refractivity contribution >= 4 is 11.6 Å². The molecule has 2 aromatic rings. The molecule has 0 saturated carbocycles. The fraction of sp³-hybridized carbons (Fsp3) is 0.250. The molecule has 2 nitrogen and oxygen atoms in total. The van der Waals surface area contributed by atoms with Gasteiger partial charge in [-0.15, -0.1) is 0 Å². The average molecular weight is 273 g/mol. The van der Waals surface area contributed by atoms with Gasteiger partial charge in [-0.05, 0) is 34.4 Å². The number of hydrogen-bond acceptors (Lipinski definition) is 2. The van der Waals surface area contributed by atoms with Gasteiger partial charge in [0.25, 0.3) is 0 Å². The molecule has 3 heteroatoms. The van der Waals surface area contributed by atoms with Gasteiger partial charge in [-0.1, -0.05) is 41.9 Å². The molecular formula is C16H17ClN2. The van der Waals surface area contributed by atoms with Crippen molar-refractivity contribution in [2.24, 2.45) is 5.73 Å². The normalized spacial score (nSPS) is 14.6. The van der Waals surface area contributed by atoms with Gasteiger partial charge in [-0.2, -0.15) is 0 Å². The van der Waals surface area contributed by atoms with E-state index in [1.54, 1.807) is 0 Å². The Labute approximate surface area is 118 Å². The maximum absolute atomic E-state index is 6.03. The molecule has 3 rings (SSSR count). The van der Waals surface area contributed by atoms with Crippen LogP contribution in [-0.4, -0.2) is 4.90 Å². The van der Waals surface area contributed by atoms with Crippen molar-refractivity contribution in [3.05, 3.63) is 69.7 Å². The van der Waals surface area contributed by atoms with E-state index in [2.05, 4.69) is 41.3 Å². The molecule has 1 heterocycles. The molecule has 0 atom stereocenters. The smallest absolute Gasteiger partial charge is 0.0409 e. The summed E-state index contributed by atoms with van der Waals surface area (Å²) in [5, 5.41) is 0.827. The van der Waals surface area contributed by atoms with E-state index >= 15 is 0 Å². The van der Waals surface area contributed by atoms with Crippen molar-refractivity contribution in [2.45, 2.75) is 26.2 Å². The number of nitrogens with two attached hydrogens (primary N) is 1. The minimum absolute atomic E-state index is 0.605. The first kappa shape index (κ1) is 12.7. The zero-order valence-corrected chi connectivity index (χ0v) is 11.5. The third kappa shape index (κ3) is 2.81. The number of rotatable bonds is 3. The summed E-state index contributed by atoms with van der Waals surface area (Å²) in [4.78, 5) is 2.43. The summed E-state index contributed by atoms with van der Waals surface area (Å²) in [5.74, 6) is 0. The predicted molar refractivity (Wildman–Crippen MR) is 78.7 cm³/mol. The van der Waals surface area contributed by atoms with Gasteiger partial charge < -0.3 is 5.73 Å². The van der Waals surface area contributed by atoms with Crippen molar-refractivity contribution in [3.63, 3.8) is 0 Å². The van der Waals surface area contributed by atoms with Crippen molar-refractivity contribution in [1.29, 1.82) is 0 Å². The lowest BCUT2D eigenvalue weighted by Gasteiger charge is -2.14. The summed E-state index contributed by atoms with van der Waals surface area (Å²) in [7, 11) is 0. The maximum atomic E-state index is 6.03. The molecule has 2 aromatic carbocycles. The molecule has 1 aliphatic rings. The second-order valence-electron chi connectivity index (χ2n) is 5.08. The van der Waals surface area contributed by atoms with Gasteiger partial charge in [0, 0.05) is 31.2 Å². The van der Waals surface area contributed by atoms with E-state index in [-0.39, 0.29) is 0 Å². The lowest BCUT2D eigenvalue weighted by atomic mass is 10.1. The Bertz CT molecular complexity index is 578. The minimum atomic E-state index is 0.605. The van der Waals surface area contributed by atoms with Crippen LogP contribution in [0.5, 0.6) is 0 Å². The first-order chi connectivity index (χ1) is 9.24. The van der Waals surface area contributed by atoms with Crippen molar-refractivity contribution in [3.8, 4) is 0 Å². The van der Waals surface area contributed by atoms with Crippen LogP contribution in [0.3, 0.4) is 0 Å². The highest BCUT2D eigenvalue weighted by Gasteiger charge is 2.18. The van der Waals surface area contributed by atoms with Gasteiger partial charge in [0.05, 0.1) is 0 Å². The lowest BCUT2D eigenvalue weighted by Crippen LogP contribution is -2.15. The van der Waals surface area contributed by atoms with Gasteiger partial charge >= 0.3 is 0 Å². The zero-order valence-electron chi connectivity index (χ0n) is 10.8. The predicted octanol–water partition coefficient (Wildman–Crippen LogP) is 3.31. The topological polar surface area (TPSA) is 29.3 Å². The molecule has 98 valence electrons. The molecule has 0 aromatic heterocycles. The average Bonchev–Trinajstić information content (AvgIpc) is 2.81. The fourth-order valence-electron chi connectivity index (χ4n) is 2.58. The van der Waals surface area contributed by atoms with Crippen LogP contribution in [0.2, 0.25) is 5.02 Å². The summed E-state index contributed by atoms with van der Waals surface area (Å²) >= 11 is 6.03. The van der Waals surface area contributed by atoms with Crippen molar-refractivity contribution in [1.82, 2.24) is 4.90 Å². The van der Waals surface area contributed by atoms with E-state index in [9.17, 15) is 0 Å². The molecular weight excluding hydrogens is 256 g/mol. The molecule has 0 saturated heterocycles. The quantitative estimate of drug-likeness (QED) is 0.929. The third-order valence-electron chi connectivity index (χ3n) is 3.62. The number of benzene rings is 2. The van der Waals surface area contributed by atoms with Crippen molar-refractivity contribution in [2.75, 3.05) is 0 Å². The Balaban J connectivity index is 1.69. The van der Waals surface area contributed by atoms with Crippen LogP contribution >= 0.6 is 11.6 Å². The second-order valence-corrected chi connectivity index (χ2v) is 5.52. The summed E-state index contributed by atoms with van der Waals surface area (Å²) in [6.45, 7) is 3.56. The Kier molecular flexibility index (Phi) is 3.56. The highest BCUT2D eigenvalue weighted by Crippen LogP contribution is 2.26. The van der Waals surface area contributed by atoms with Gasteiger partial charge in [0.15, 0.2) is 0 Å². The van der Waals surface area contributed by atoms with Crippen LogP contribution in [0, 0.1) is 0 Å². The Hall–Kier alpha value is -1.35. The Morgan fingerprint density at radius 1 is 0.947 bits per heavy atom. The van der Waals surface area contributed by atoms with Gasteiger partial charge in [0.1, 0.15) is 0 Å². The van der Waals surface area contributed by atoms with E-state index < -0.39 is 0 Å². The van der Waals surface area contributed by atoms with Crippen LogP contribution < -0.4 is 5.73 Å². The van der Waals surface area contributed by atoms with Crippen LogP contribution in [0.15, 0.2) is 42.5 Å². The SMILES string of the molecule is NCc1ccc(CN2Cc3ccc(Cl)cc3C2)cc1. The van der Waals surface area contributed by atoms with E-state index in [0.717, 1.165) is 24.7 Å². The van der Waals surface area contributed by atoms with Gasteiger partial charge in [-0.3, -0.25) is 4.90 Å². The summed E-state index contributed by atoms with van der Waals surface area (Å²) in [5.41, 5.74) is 10.9. The molecule has 0 aliphatic carbocycles. The number of fused-ring (bicyclic) bond motifs is 1. The van der Waals surface area contributed by atoms with E-state index in [1.807, 2.05) is 6.07 Å². The van der Waals surface area contributed by atoms with Crippen LogP contribution in [-0.2, 0) is 26.2 Å². The van der Waals surface area contributed by atoms with Crippen LogP contribution in [0.1, 0.15) is 22.3 Å². The molecule has 0 bridgehead atoms. The van der Waals surface area contributed by atoms with E-state index in [1.165, 1.54) is 22.3 Å². The van der Waals surface area contributed by atoms with E-state index in [0.29, 0.717) is 6.54 Å². The minimum Gasteiger partial charge on any atom is -0.326 e. The first-order valence-electron chi connectivity index (χ1n) is 6.52. The van der Waals surface area contributed by atoms with Crippen molar-refractivity contribution < 1.29 is 0 Å². The summed E-state index contributed by atoms with van der Waals surface area (Å²) in [6.07, 6.45) is 0. The monoisotopic (exact) mass is 272 g/mol. The Morgan fingerprint density at radius 2 is 1.63 bits per heavy atom. The number of nitrogens with zero attached hydrogens (tertiary/aromatic N) is 1. The number of halogens is 1. The molecule has 0 radical (unpaired) electrons. The highest BCUT2D eigenvalue weighted by molar-refractivity contribution is 6.30. The largest absolute Gasteiger partial charge is 0.326 e. The lowest BCUT2D eigenvalue weighted by molar-refractivity contribution is 0.275. The highest BCUT2D eigenvalue weighted by atomic mass is 35.5. The van der Waals surface area contributed by atoms with Gasteiger partial charge in [0.2, 0.25) is 0 Å². The fourth-order valence-corrected chi connectivity index (χ4v) is 2.78. The van der Waals surface area contributed by atoms with Crippen LogP contribution in [0.4, 0.5) is 0 Å². The summed E-state index contributed by atoms with van der Waals surface area (Å²) < 4.78 is 0. The van der Waals surface area contributed by atoms with Crippen LogP contribution in [0.25, 0.3) is 0 Å². The number of hydrogen-bond donors (Lipinski definition) is 1. The maximum Gasteiger partial charge on any atom is 0.0409 e. The van der Waals surface area contributed by atoms with E-state index in [4.69, 9.17) is 17.3 Å². The molecule has 1 aliphatic heterocycles. The molecule has 2 N–H and O–H groups in total. The second kappa shape index (κ2) is 5.33. The molecule has 0 spiro atoms. The molecule has 19 heavy (non-hydrogen) atoms. The third-order valence-corrected chi connectivity index (χ3v) is 3.86. The first-order valence-corrected chi connectivity index (χ1v) is 6.90. The Morgan fingerprint density at radius 3 is 2.37 bits per heavy atom. The standard InChI is InChI=1S/C16H17ClN2/c17-16-6-5-14-10-19(11-15(14)7-16)9-13-3-1-12(8-18)2-4-13/h1-7H,8-11,18H2. The molecule has 0 amide bonds.